The Morgan fingerprint density at radius 1 is 1.42 bits per heavy atom. The van der Waals surface area contributed by atoms with Crippen LogP contribution in [0.3, 0.4) is 0 Å². The highest BCUT2D eigenvalue weighted by atomic mass is 35.5. The highest BCUT2D eigenvalue weighted by Crippen LogP contribution is 2.21. The molecule has 24 heavy (non-hydrogen) atoms. The molecule has 136 valence electrons. The van der Waals surface area contributed by atoms with Crippen LogP contribution < -0.4 is 10.0 Å². The van der Waals surface area contributed by atoms with Crippen LogP contribution in [0.2, 0.25) is 0 Å². The van der Waals surface area contributed by atoms with Gasteiger partial charge in [-0.15, -0.1) is 12.4 Å². The summed E-state index contributed by atoms with van der Waals surface area (Å²) >= 11 is 0. The van der Waals surface area contributed by atoms with Gasteiger partial charge >= 0.3 is 0 Å². The van der Waals surface area contributed by atoms with E-state index in [0.717, 1.165) is 31.7 Å². The third-order valence-electron chi connectivity index (χ3n) is 3.81. The maximum absolute atomic E-state index is 13.7. The van der Waals surface area contributed by atoms with Gasteiger partial charge in [0, 0.05) is 18.7 Å². The minimum atomic E-state index is -3.61. The number of amides is 1. The van der Waals surface area contributed by atoms with E-state index in [2.05, 4.69) is 10.0 Å². The summed E-state index contributed by atoms with van der Waals surface area (Å²) in [5.41, 5.74) is 0.0739. The third kappa shape index (κ3) is 5.61. The summed E-state index contributed by atoms with van der Waals surface area (Å²) in [6.07, 6.45) is 2.93. The molecule has 9 heteroatoms. The van der Waals surface area contributed by atoms with Crippen molar-refractivity contribution < 1.29 is 17.6 Å². The quantitative estimate of drug-likeness (QED) is 0.816. The van der Waals surface area contributed by atoms with Crippen molar-refractivity contribution in [1.29, 1.82) is 0 Å². The fourth-order valence-electron chi connectivity index (χ4n) is 2.82. The first kappa shape index (κ1) is 20.7. The maximum Gasteiger partial charge on any atom is 0.253 e. The fourth-order valence-corrected chi connectivity index (χ4v) is 3.38. The largest absolute Gasteiger partial charge is 0.338 e. The van der Waals surface area contributed by atoms with Crippen LogP contribution in [0.15, 0.2) is 18.2 Å². The Balaban J connectivity index is 0.00000288. The second kappa shape index (κ2) is 8.64. The van der Waals surface area contributed by atoms with E-state index in [-0.39, 0.29) is 29.6 Å². The van der Waals surface area contributed by atoms with Crippen LogP contribution >= 0.6 is 12.4 Å². The highest BCUT2D eigenvalue weighted by molar-refractivity contribution is 7.92. The van der Waals surface area contributed by atoms with Gasteiger partial charge in [0.15, 0.2) is 0 Å². The Hall–Kier alpha value is -1.38. The molecule has 1 unspecified atom stereocenters. The van der Waals surface area contributed by atoms with E-state index in [0.29, 0.717) is 19.0 Å². The van der Waals surface area contributed by atoms with Crippen LogP contribution in [0.5, 0.6) is 0 Å². The van der Waals surface area contributed by atoms with Crippen LogP contribution in [0.1, 0.15) is 23.2 Å². The van der Waals surface area contributed by atoms with Crippen LogP contribution in [-0.2, 0) is 10.0 Å². The van der Waals surface area contributed by atoms with E-state index in [9.17, 15) is 17.6 Å². The highest BCUT2D eigenvalue weighted by Gasteiger charge is 2.24. The number of nitrogens with one attached hydrogen (secondary N) is 2. The first-order valence-electron chi connectivity index (χ1n) is 7.51. The Labute approximate surface area is 148 Å². The number of likely N-dealkylation sites (tertiary alicyclic amines) is 1. The van der Waals surface area contributed by atoms with Crippen molar-refractivity contribution in [3.8, 4) is 0 Å². The summed E-state index contributed by atoms with van der Waals surface area (Å²) in [5, 5.41) is 3.11. The van der Waals surface area contributed by atoms with Gasteiger partial charge in [-0.2, -0.15) is 0 Å². The lowest BCUT2D eigenvalue weighted by molar-refractivity contribution is 0.0674. The predicted octanol–water partition coefficient (Wildman–Crippen LogP) is 1.69. The zero-order valence-electron chi connectivity index (χ0n) is 13.7. The zero-order chi connectivity index (χ0) is 17.0. The molecule has 0 aromatic heterocycles. The molecule has 1 aromatic rings. The van der Waals surface area contributed by atoms with E-state index < -0.39 is 15.8 Å². The molecule has 0 bridgehead atoms. The van der Waals surface area contributed by atoms with E-state index in [4.69, 9.17) is 0 Å². The second-order valence-corrected chi connectivity index (χ2v) is 7.63. The summed E-state index contributed by atoms with van der Waals surface area (Å²) in [7, 11) is -1.73. The summed E-state index contributed by atoms with van der Waals surface area (Å²) in [6, 6.07) is 3.74. The van der Waals surface area contributed by atoms with Gasteiger partial charge in [-0.05, 0) is 50.6 Å². The molecule has 1 aliphatic rings. The lowest BCUT2D eigenvalue weighted by Gasteiger charge is -2.32. The van der Waals surface area contributed by atoms with Crippen molar-refractivity contribution in [2.45, 2.75) is 12.8 Å². The molecule has 1 amide bonds. The molecule has 0 radical (unpaired) electrons. The average molecular weight is 380 g/mol. The fraction of sp³-hybridized carbons (Fsp3) is 0.533. The van der Waals surface area contributed by atoms with Crippen LogP contribution in [0.4, 0.5) is 10.1 Å². The van der Waals surface area contributed by atoms with Gasteiger partial charge in [-0.25, -0.2) is 12.8 Å². The van der Waals surface area contributed by atoms with Crippen LogP contribution in [0.25, 0.3) is 0 Å². The lowest BCUT2D eigenvalue weighted by Crippen LogP contribution is -2.42. The molecule has 1 aromatic carbocycles. The molecular formula is C15H23ClFN3O3S. The molecule has 1 aliphatic heterocycles. The maximum atomic E-state index is 13.7. The number of sulfonamides is 1. The average Bonchev–Trinajstić information content (AvgIpc) is 2.48. The minimum absolute atomic E-state index is 0. The molecule has 1 fully saturated rings. The standard InChI is InChI=1S/C15H22FN3O3S.ClH/c1-17-9-11-4-3-7-19(10-11)15(20)12-5-6-13(16)14(8-12)18-23(2,21)22;/h5-6,8,11,17-18H,3-4,7,9-10H2,1-2H3;1H. The Morgan fingerprint density at radius 2 is 2.12 bits per heavy atom. The van der Waals surface area contributed by atoms with Crippen molar-refractivity contribution in [3.63, 3.8) is 0 Å². The van der Waals surface area contributed by atoms with Crippen molar-refractivity contribution in [2.75, 3.05) is 37.7 Å². The summed E-state index contributed by atoms with van der Waals surface area (Å²) in [6.45, 7) is 2.14. The van der Waals surface area contributed by atoms with Gasteiger partial charge in [0.25, 0.3) is 5.91 Å². The number of carbonyl (C=O) groups is 1. The van der Waals surface area contributed by atoms with Gasteiger partial charge in [0.1, 0.15) is 5.82 Å². The summed E-state index contributed by atoms with van der Waals surface area (Å²) in [4.78, 5) is 14.3. The molecule has 1 heterocycles. The van der Waals surface area contributed by atoms with E-state index >= 15 is 0 Å². The molecule has 1 saturated heterocycles. The third-order valence-corrected chi connectivity index (χ3v) is 4.40. The summed E-state index contributed by atoms with van der Waals surface area (Å²) in [5.74, 6) is -0.521. The van der Waals surface area contributed by atoms with Gasteiger partial charge in [-0.1, -0.05) is 0 Å². The van der Waals surface area contributed by atoms with E-state index in [1.165, 1.54) is 12.1 Å². The van der Waals surface area contributed by atoms with E-state index in [1.807, 2.05) is 7.05 Å². The normalized spacial score (nSPS) is 18.0. The second-order valence-electron chi connectivity index (χ2n) is 5.89. The SMILES string of the molecule is CNCC1CCCN(C(=O)c2ccc(F)c(NS(C)(=O)=O)c2)C1.Cl. The molecule has 0 aliphatic carbocycles. The van der Waals surface area contributed by atoms with Crippen LogP contribution in [-0.4, -0.2) is 52.2 Å². The van der Waals surface area contributed by atoms with Gasteiger partial charge in [0.05, 0.1) is 11.9 Å². The number of rotatable bonds is 5. The number of nitrogens with zero attached hydrogens (tertiary/aromatic N) is 1. The van der Waals surface area contributed by atoms with Gasteiger partial charge in [0.2, 0.25) is 10.0 Å². The summed E-state index contributed by atoms with van der Waals surface area (Å²) < 4.78 is 38.3. The number of piperidine rings is 1. The van der Waals surface area contributed by atoms with Crippen LogP contribution in [0, 0.1) is 11.7 Å². The van der Waals surface area contributed by atoms with Crippen molar-refractivity contribution in [3.05, 3.63) is 29.6 Å². The number of benzene rings is 1. The number of carbonyl (C=O) groups excluding carboxylic acids is 1. The zero-order valence-corrected chi connectivity index (χ0v) is 15.3. The Kier molecular flexibility index (Phi) is 7.44. The number of hydrogen-bond acceptors (Lipinski definition) is 4. The van der Waals surface area contributed by atoms with Crippen molar-refractivity contribution >= 4 is 34.0 Å². The Bertz CT molecular complexity index is 683. The topological polar surface area (TPSA) is 78.5 Å². The van der Waals surface area contributed by atoms with Crippen molar-refractivity contribution in [1.82, 2.24) is 10.2 Å². The predicted molar refractivity (Wildman–Crippen MR) is 94.7 cm³/mol. The molecule has 0 saturated carbocycles. The molecule has 2 rings (SSSR count). The van der Waals surface area contributed by atoms with Gasteiger partial charge < -0.3 is 10.2 Å². The van der Waals surface area contributed by atoms with Gasteiger partial charge in [-0.3, -0.25) is 9.52 Å². The molecular weight excluding hydrogens is 357 g/mol. The molecule has 1 atom stereocenters. The Morgan fingerprint density at radius 3 is 2.75 bits per heavy atom. The number of anilines is 1. The monoisotopic (exact) mass is 379 g/mol. The molecule has 2 N–H and O–H groups in total. The minimum Gasteiger partial charge on any atom is -0.338 e. The number of halogens is 2. The smallest absolute Gasteiger partial charge is 0.253 e. The van der Waals surface area contributed by atoms with Crippen molar-refractivity contribution in [2.24, 2.45) is 5.92 Å². The molecule has 0 spiro atoms. The molecule has 6 nitrogen and oxygen atoms in total. The first-order valence-corrected chi connectivity index (χ1v) is 9.40. The number of hydrogen-bond donors (Lipinski definition) is 2. The first-order chi connectivity index (χ1) is 10.8. The lowest BCUT2D eigenvalue weighted by atomic mass is 9.97. The van der Waals surface area contributed by atoms with E-state index in [1.54, 1.807) is 4.90 Å².